The number of hydrogen-bond acceptors (Lipinski definition) is 3. The van der Waals surface area contributed by atoms with Gasteiger partial charge in [0.15, 0.2) is 0 Å². The molecule has 1 unspecified atom stereocenters. The molecule has 0 bridgehead atoms. The predicted molar refractivity (Wildman–Crippen MR) is 106 cm³/mol. The summed E-state index contributed by atoms with van der Waals surface area (Å²) >= 11 is 0. The van der Waals surface area contributed by atoms with Crippen LogP contribution in [0.15, 0.2) is 48.5 Å². The van der Waals surface area contributed by atoms with Gasteiger partial charge in [-0.05, 0) is 61.3 Å². The summed E-state index contributed by atoms with van der Waals surface area (Å²) in [5.74, 6) is -0.649. The SMILES string of the molecule is Cl.O=C(Nc1ccc(CNC(=O)C2CCCCN2)cc1)c1ccc(F)cc1. The summed E-state index contributed by atoms with van der Waals surface area (Å²) in [6, 6.07) is 12.6. The summed E-state index contributed by atoms with van der Waals surface area (Å²) in [7, 11) is 0. The molecule has 1 aliphatic rings. The molecule has 1 aliphatic heterocycles. The number of benzene rings is 2. The zero-order valence-electron chi connectivity index (χ0n) is 14.8. The van der Waals surface area contributed by atoms with Crippen molar-refractivity contribution < 1.29 is 14.0 Å². The lowest BCUT2D eigenvalue weighted by atomic mass is 10.0. The molecule has 2 amide bonds. The highest BCUT2D eigenvalue weighted by Gasteiger charge is 2.19. The summed E-state index contributed by atoms with van der Waals surface area (Å²) in [6.45, 7) is 1.34. The number of carbonyl (C=O) groups is 2. The van der Waals surface area contributed by atoms with Crippen LogP contribution in [0.2, 0.25) is 0 Å². The standard InChI is InChI=1S/C20H22FN3O2.ClH/c21-16-8-6-15(7-9-16)19(25)24-17-10-4-14(5-11-17)13-23-20(26)18-3-1-2-12-22-18;/h4-11,18,22H,1-3,12-13H2,(H,23,26)(H,24,25);1H. The largest absolute Gasteiger partial charge is 0.351 e. The van der Waals surface area contributed by atoms with Crippen molar-refractivity contribution in [3.63, 3.8) is 0 Å². The minimum Gasteiger partial charge on any atom is -0.351 e. The van der Waals surface area contributed by atoms with Crippen molar-refractivity contribution in [1.82, 2.24) is 10.6 Å². The predicted octanol–water partition coefficient (Wildman–Crippen LogP) is 3.26. The molecule has 2 aromatic carbocycles. The molecule has 5 nitrogen and oxygen atoms in total. The maximum Gasteiger partial charge on any atom is 0.255 e. The van der Waals surface area contributed by atoms with Gasteiger partial charge in [0.1, 0.15) is 5.82 Å². The van der Waals surface area contributed by atoms with Crippen LogP contribution in [-0.4, -0.2) is 24.4 Å². The highest BCUT2D eigenvalue weighted by molar-refractivity contribution is 6.04. The van der Waals surface area contributed by atoms with E-state index in [0.29, 0.717) is 17.8 Å². The molecule has 27 heavy (non-hydrogen) atoms. The van der Waals surface area contributed by atoms with Crippen LogP contribution in [0, 0.1) is 5.82 Å². The van der Waals surface area contributed by atoms with Crippen LogP contribution >= 0.6 is 12.4 Å². The van der Waals surface area contributed by atoms with E-state index in [1.807, 2.05) is 12.1 Å². The lowest BCUT2D eigenvalue weighted by Gasteiger charge is -2.22. The van der Waals surface area contributed by atoms with Crippen LogP contribution in [0.3, 0.4) is 0 Å². The Morgan fingerprint density at radius 3 is 2.37 bits per heavy atom. The van der Waals surface area contributed by atoms with Crippen LogP contribution in [0.1, 0.15) is 35.2 Å². The van der Waals surface area contributed by atoms with Crippen LogP contribution in [-0.2, 0) is 11.3 Å². The molecular weight excluding hydrogens is 369 g/mol. The lowest BCUT2D eigenvalue weighted by Crippen LogP contribution is -2.46. The van der Waals surface area contributed by atoms with Crippen LogP contribution in [0.4, 0.5) is 10.1 Å². The Hall–Kier alpha value is -2.44. The molecule has 3 N–H and O–H groups in total. The molecule has 1 heterocycles. The number of nitrogens with one attached hydrogen (secondary N) is 3. The fourth-order valence-electron chi connectivity index (χ4n) is 2.90. The zero-order chi connectivity index (χ0) is 18.4. The first kappa shape index (κ1) is 20.9. The summed E-state index contributed by atoms with van der Waals surface area (Å²) < 4.78 is 12.9. The van der Waals surface area contributed by atoms with E-state index in [2.05, 4.69) is 16.0 Å². The molecule has 7 heteroatoms. The molecule has 1 saturated heterocycles. The average Bonchev–Trinajstić information content (AvgIpc) is 2.68. The van der Waals surface area contributed by atoms with E-state index in [4.69, 9.17) is 0 Å². The van der Waals surface area contributed by atoms with Gasteiger partial charge in [-0.2, -0.15) is 0 Å². The van der Waals surface area contributed by atoms with Gasteiger partial charge in [-0.3, -0.25) is 9.59 Å². The Bertz CT molecular complexity index is 760. The first-order valence-electron chi connectivity index (χ1n) is 8.79. The van der Waals surface area contributed by atoms with Crippen molar-refractivity contribution in [1.29, 1.82) is 0 Å². The van der Waals surface area contributed by atoms with E-state index in [1.54, 1.807) is 12.1 Å². The topological polar surface area (TPSA) is 70.2 Å². The molecule has 0 radical (unpaired) electrons. The molecule has 2 aromatic rings. The third-order valence-electron chi connectivity index (χ3n) is 4.41. The maximum absolute atomic E-state index is 12.9. The first-order chi connectivity index (χ1) is 12.6. The second kappa shape index (κ2) is 10.0. The minimum absolute atomic E-state index is 0. The molecule has 0 aliphatic carbocycles. The first-order valence-corrected chi connectivity index (χ1v) is 8.79. The highest BCUT2D eigenvalue weighted by atomic mass is 35.5. The van der Waals surface area contributed by atoms with Crippen molar-refractivity contribution in [2.24, 2.45) is 0 Å². The van der Waals surface area contributed by atoms with Gasteiger partial charge >= 0.3 is 0 Å². The number of halogens is 2. The number of carbonyl (C=O) groups excluding carboxylic acids is 2. The molecule has 1 atom stereocenters. The van der Waals surface area contributed by atoms with Crippen molar-refractivity contribution in [3.8, 4) is 0 Å². The Balaban J connectivity index is 0.00000261. The third-order valence-corrected chi connectivity index (χ3v) is 4.41. The molecule has 0 aromatic heterocycles. The van der Waals surface area contributed by atoms with Crippen molar-refractivity contribution in [2.45, 2.75) is 31.8 Å². The smallest absolute Gasteiger partial charge is 0.255 e. The highest BCUT2D eigenvalue weighted by Crippen LogP contribution is 2.12. The summed E-state index contributed by atoms with van der Waals surface area (Å²) in [5, 5.41) is 8.92. The third kappa shape index (κ3) is 6.05. The van der Waals surface area contributed by atoms with E-state index in [9.17, 15) is 14.0 Å². The average molecular weight is 392 g/mol. The van der Waals surface area contributed by atoms with E-state index in [0.717, 1.165) is 31.4 Å². The fraction of sp³-hybridized carbons (Fsp3) is 0.300. The van der Waals surface area contributed by atoms with Gasteiger partial charge in [-0.25, -0.2) is 4.39 Å². The van der Waals surface area contributed by atoms with Gasteiger partial charge in [0.25, 0.3) is 5.91 Å². The lowest BCUT2D eigenvalue weighted by molar-refractivity contribution is -0.123. The molecule has 0 saturated carbocycles. The second-order valence-corrected chi connectivity index (χ2v) is 6.38. The zero-order valence-corrected chi connectivity index (χ0v) is 15.7. The Morgan fingerprint density at radius 2 is 1.74 bits per heavy atom. The molecule has 144 valence electrons. The number of rotatable bonds is 5. The number of anilines is 1. The number of amides is 2. The maximum atomic E-state index is 12.9. The Kier molecular flexibility index (Phi) is 7.76. The van der Waals surface area contributed by atoms with Gasteiger partial charge < -0.3 is 16.0 Å². The monoisotopic (exact) mass is 391 g/mol. The Morgan fingerprint density at radius 1 is 1.04 bits per heavy atom. The van der Waals surface area contributed by atoms with E-state index < -0.39 is 0 Å². The molecule has 1 fully saturated rings. The van der Waals surface area contributed by atoms with E-state index >= 15 is 0 Å². The Labute approximate surface area is 164 Å². The second-order valence-electron chi connectivity index (χ2n) is 6.38. The summed E-state index contributed by atoms with van der Waals surface area (Å²) in [4.78, 5) is 24.2. The van der Waals surface area contributed by atoms with E-state index in [-0.39, 0.29) is 36.1 Å². The van der Waals surface area contributed by atoms with Gasteiger partial charge in [-0.15, -0.1) is 12.4 Å². The van der Waals surface area contributed by atoms with Gasteiger partial charge in [0, 0.05) is 17.8 Å². The van der Waals surface area contributed by atoms with E-state index in [1.165, 1.54) is 24.3 Å². The molecule has 0 spiro atoms. The van der Waals surface area contributed by atoms with Crippen LogP contribution < -0.4 is 16.0 Å². The molecular formula is C20H23ClFN3O2. The summed E-state index contributed by atoms with van der Waals surface area (Å²) in [6.07, 6.45) is 3.07. The quantitative estimate of drug-likeness (QED) is 0.732. The van der Waals surface area contributed by atoms with Gasteiger partial charge in [-0.1, -0.05) is 18.6 Å². The normalized spacial score (nSPS) is 16.1. The van der Waals surface area contributed by atoms with Gasteiger partial charge in [0.05, 0.1) is 6.04 Å². The minimum atomic E-state index is -0.378. The number of hydrogen-bond donors (Lipinski definition) is 3. The molecule has 3 rings (SSSR count). The fourth-order valence-corrected chi connectivity index (χ4v) is 2.90. The van der Waals surface area contributed by atoms with Crippen molar-refractivity contribution in [2.75, 3.05) is 11.9 Å². The van der Waals surface area contributed by atoms with Crippen LogP contribution in [0.25, 0.3) is 0 Å². The number of piperidine rings is 1. The summed E-state index contributed by atoms with van der Waals surface area (Å²) in [5.41, 5.74) is 1.99. The van der Waals surface area contributed by atoms with Crippen molar-refractivity contribution in [3.05, 3.63) is 65.5 Å². The van der Waals surface area contributed by atoms with Crippen molar-refractivity contribution >= 4 is 29.9 Å². The van der Waals surface area contributed by atoms with Gasteiger partial charge in [0.2, 0.25) is 5.91 Å². The van der Waals surface area contributed by atoms with Crippen LogP contribution in [0.5, 0.6) is 0 Å².